The summed E-state index contributed by atoms with van der Waals surface area (Å²) in [7, 11) is 0. The predicted molar refractivity (Wildman–Crippen MR) is 236 cm³/mol. The first kappa shape index (κ1) is 32.8. The monoisotopic (exact) mass is 729 g/mol. The highest BCUT2D eigenvalue weighted by Crippen LogP contribution is 2.50. The van der Waals surface area contributed by atoms with Gasteiger partial charge in [0, 0.05) is 44.5 Å². The lowest BCUT2D eigenvalue weighted by molar-refractivity contribution is 0.488. The van der Waals surface area contributed by atoms with E-state index in [0.717, 1.165) is 89.4 Å². The molecule has 0 fully saturated rings. The molecule has 1 aromatic heterocycles. The van der Waals surface area contributed by atoms with Crippen LogP contribution in [0.3, 0.4) is 0 Å². The van der Waals surface area contributed by atoms with Crippen LogP contribution in [0.1, 0.15) is 0 Å². The molecular weight excluding hydrogens is 695 g/mol. The van der Waals surface area contributed by atoms with Crippen molar-refractivity contribution >= 4 is 39.0 Å². The van der Waals surface area contributed by atoms with Crippen LogP contribution < -0.4 is 9.64 Å². The third-order valence-corrected chi connectivity index (χ3v) is 11.1. The predicted octanol–water partition coefficient (Wildman–Crippen LogP) is 15.5. The largest absolute Gasteiger partial charge is 0.456 e. The van der Waals surface area contributed by atoms with Crippen molar-refractivity contribution in [2.45, 2.75) is 0 Å². The van der Waals surface area contributed by atoms with E-state index in [1.165, 1.54) is 16.7 Å². The van der Waals surface area contributed by atoms with Gasteiger partial charge in [-0.15, -0.1) is 0 Å². The molecular formula is C54H35NO2. The first-order valence-corrected chi connectivity index (χ1v) is 19.3. The molecule has 10 aromatic rings. The van der Waals surface area contributed by atoms with E-state index in [4.69, 9.17) is 9.15 Å². The average Bonchev–Trinajstić information content (AvgIpc) is 3.58. The Balaban J connectivity index is 0.998. The number of hydrogen-bond acceptors (Lipinski definition) is 3. The second-order valence-electron chi connectivity index (χ2n) is 14.5. The molecule has 11 rings (SSSR count). The van der Waals surface area contributed by atoms with Crippen LogP contribution in [0.4, 0.5) is 17.1 Å². The normalized spacial score (nSPS) is 11.6. The highest BCUT2D eigenvalue weighted by molar-refractivity contribution is 6.06. The number of furan rings is 1. The molecule has 57 heavy (non-hydrogen) atoms. The molecule has 0 unspecified atom stereocenters. The molecule has 0 bridgehead atoms. The fourth-order valence-electron chi connectivity index (χ4n) is 8.35. The van der Waals surface area contributed by atoms with Crippen LogP contribution in [0.25, 0.3) is 77.6 Å². The van der Waals surface area contributed by atoms with Crippen LogP contribution >= 0.6 is 0 Å². The van der Waals surface area contributed by atoms with Gasteiger partial charge in [0.15, 0.2) is 0 Å². The molecule has 2 heterocycles. The summed E-state index contributed by atoms with van der Waals surface area (Å²) < 4.78 is 12.6. The lowest BCUT2D eigenvalue weighted by atomic mass is 9.87. The van der Waals surface area contributed by atoms with Gasteiger partial charge >= 0.3 is 0 Å². The Morgan fingerprint density at radius 3 is 1.51 bits per heavy atom. The van der Waals surface area contributed by atoms with E-state index < -0.39 is 0 Å². The second-order valence-corrected chi connectivity index (χ2v) is 14.5. The van der Waals surface area contributed by atoms with Gasteiger partial charge < -0.3 is 14.1 Å². The zero-order valence-electron chi connectivity index (χ0n) is 31.0. The minimum atomic E-state index is 0.861. The smallest absolute Gasteiger partial charge is 0.135 e. The number of benzene rings is 9. The topological polar surface area (TPSA) is 25.6 Å². The van der Waals surface area contributed by atoms with Crippen molar-refractivity contribution in [1.82, 2.24) is 0 Å². The van der Waals surface area contributed by atoms with Crippen LogP contribution in [0.5, 0.6) is 11.5 Å². The second kappa shape index (κ2) is 13.6. The first-order chi connectivity index (χ1) is 28.2. The van der Waals surface area contributed by atoms with Crippen molar-refractivity contribution in [1.29, 1.82) is 0 Å². The van der Waals surface area contributed by atoms with Gasteiger partial charge in [0.2, 0.25) is 0 Å². The van der Waals surface area contributed by atoms with Gasteiger partial charge in [0.05, 0.1) is 0 Å². The van der Waals surface area contributed by atoms with Crippen LogP contribution in [0.15, 0.2) is 217 Å². The Kier molecular flexibility index (Phi) is 7.82. The summed E-state index contributed by atoms with van der Waals surface area (Å²) >= 11 is 0. The number of hydrogen-bond donors (Lipinski definition) is 0. The molecule has 0 saturated carbocycles. The van der Waals surface area contributed by atoms with E-state index >= 15 is 0 Å². The highest BCUT2D eigenvalue weighted by Gasteiger charge is 2.23. The van der Waals surface area contributed by atoms with Gasteiger partial charge in [0.25, 0.3) is 0 Å². The Labute approximate surface area is 331 Å². The third kappa shape index (κ3) is 5.76. The van der Waals surface area contributed by atoms with E-state index in [-0.39, 0.29) is 0 Å². The quantitative estimate of drug-likeness (QED) is 0.170. The number of fused-ring (bicyclic) bond motifs is 8. The summed E-state index contributed by atoms with van der Waals surface area (Å²) in [5.41, 5.74) is 16.5. The van der Waals surface area contributed by atoms with E-state index in [1.807, 2.05) is 24.3 Å². The zero-order valence-corrected chi connectivity index (χ0v) is 31.0. The summed E-state index contributed by atoms with van der Waals surface area (Å²) in [6, 6.07) is 75.2. The highest BCUT2D eigenvalue weighted by atomic mass is 16.5. The SMILES string of the molecule is c1ccc(-c2ccc(N(c3ccc(-c4ccc5oc6ccccc6c5c4)cc3)c3ccc(-c4cccc5c4-c4ccccc4Oc4ccccc4-5)cc3)cc2)cc1. The van der Waals surface area contributed by atoms with E-state index in [0.29, 0.717) is 0 Å². The average molecular weight is 730 g/mol. The Bertz CT molecular complexity index is 3070. The minimum absolute atomic E-state index is 0.861. The van der Waals surface area contributed by atoms with Gasteiger partial charge in [-0.3, -0.25) is 0 Å². The maximum atomic E-state index is 6.52. The number of para-hydroxylation sites is 3. The molecule has 0 amide bonds. The number of ether oxygens (including phenoxy) is 1. The van der Waals surface area contributed by atoms with Gasteiger partial charge in [-0.05, 0) is 106 Å². The van der Waals surface area contributed by atoms with Crippen LogP contribution in [0, 0.1) is 0 Å². The van der Waals surface area contributed by atoms with Gasteiger partial charge in [-0.25, -0.2) is 0 Å². The Hall–Kier alpha value is -7.62. The fraction of sp³-hybridized carbons (Fsp3) is 0. The summed E-state index contributed by atoms with van der Waals surface area (Å²) in [5.74, 6) is 1.73. The molecule has 0 radical (unpaired) electrons. The third-order valence-electron chi connectivity index (χ3n) is 11.1. The molecule has 0 atom stereocenters. The minimum Gasteiger partial charge on any atom is -0.456 e. The maximum absolute atomic E-state index is 6.52. The molecule has 3 nitrogen and oxygen atoms in total. The van der Waals surface area contributed by atoms with E-state index in [2.05, 4.69) is 193 Å². The fourth-order valence-corrected chi connectivity index (χ4v) is 8.35. The van der Waals surface area contributed by atoms with Crippen molar-refractivity contribution < 1.29 is 9.15 Å². The molecule has 0 aliphatic carbocycles. The number of anilines is 3. The van der Waals surface area contributed by atoms with Crippen molar-refractivity contribution in [2.24, 2.45) is 0 Å². The van der Waals surface area contributed by atoms with Gasteiger partial charge in [0.1, 0.15) is 22.7 Å². The summed E-state index contributed by atoms with van der Waals surface area (Å²) in [6.45, 7) is 0. The zero-order chi connectivity index (χ0) is 37.7. The molecule has 9 aromatic carbocycles. The van der Waals surface area contributed by atoms with Gasteiger partial charge in [-0.2, -0.15) is 0 Å². The molecule has 1 aliphatic heterocycles. The van der Waals surface area contributed by atoms with Crippen molar-refractivity contribution in [2.75, 3.05) is 4.90 Å². The van der Waals surface area contributed by atoms with Crippen LogP contribution in [0.2, 0.25) is 0 Å². The summed E-state index contributed by atoms with van der Waals surface area (Å²) in [6.07, 6.45) is 0. The van der Waals surface area contributed by atoms with E-state index in [9.17, 15) is 0 Å². The van der Waals surface area contributed by atoms with Crippen molar-refractivity contribution in [3.8, 4) is 67.1 Å². The maximum Gasteiger partial charge on any atom is 0.135 e. The molecule has 0 N–H and O–H groups in total. The van der Waals surface area contributed by atoms with Crippen LogP contribution in [-0.2, 0) is 0 Å². The van der Waals surface area contributed by atoms with Crippen molar-refractivity contribution in [3.05, 3.63) is 212 Å². The lowest BCUT2D eigenvalue weighted by Gasteiger charge is -2.26. The number of nitrogens with zero attached hydrogens (tertiary/aromatic N) is 1. The van der Waals surface area contributed by atoms with Crippen molar-refractivity contribution in [3.63, 3.8) is 0 Å². The molecule has 268 valence electrons. The Morgan fingerprint density at radius 1 is 0.298 bits per heavy atom. The molecule has 1 aliphatic rings. The number of rotatable bonds is 6. The standard InChI is InChI=1S/C54H35NO2/c1-2-11-36(12-3-1)37-21-28-41(29-22-37)55(42-30-23-38(24-31-42)40-27-34-53-49(35-40)46-14-5-8-19-51(46)57-53)43-32-25-39(26-33-43)44-16-10-17-47-45-13-4-7-18-50(45)56-52-20-9-6-15-48(52)54(44)47/h1-35H. The summed E-state index contributed by atoms with van der Waals surface area (Å²) in [5, 5.41) is 2.26. The summed E-state index contributed by atoms with van der Waals surface area (Å²) in [4.78, 5) is 2.33. The van der Waals surface area contributed by atoms with E-state index in [1.54, 1.807) is 0 Å². The first-order valence-electron chi connectivity index (χ1n) is 19.3. The Morgan fingerprint density at radius 2 is 0.789 bits per heavy atom. The molecule has 3 heteroatoms. The van der Waals surface area contributed by atoms with Crippen LogP contribution in [-0.4, -0.2) is 0 Å². The lowest BCUT2D eigenvalue weighted by Crippen LogP contribution is -2.09. The van der Waals surface area contributed by atoms with Gasteiger partial charge in [-0.1, -0.05) is 146 Å². The molecule has 0 spiro atoms. The molecule has 0 saturated heterocycles.